The molecule has 0 bridgehead atoms. The van der Waals surface area contributed by atoms with Crippen LogP contribution < -0.4 is 5.32 Å². The largest absolute Gasteiger partial charge is 0.382 e. The second-order valence-corrected chi connectivity index (χ2v) is 6.27. The van der Waals surface area contributed by atoms with Gasteiger partial charge in [0, 0.05) is 23.4 Å². The number of hydrogen-bond acceptors (Lipinski definition) is 3. The number of nitro groups is 1. The van der Waals surface area contributed by atoms with Crippen LogP contribution in [0.5, 0.6) is 0 Å². The van der Waals surface area contributed by atoms with E-state index in [1.807, 2.05) is 12.1 Å². The molecular formula is C16H24N2O2. The molecule has 2 rings (SSSR count). The summed E-state index contributed by atoms with van der Waals surface area (Å²) in [5, 5.41) is 14.4. The molecule has 0 radical (unpaired) electrons. The number of hydrogen-bond donors (Lipinski definition) is 1. The lowest BCUT2D eigenvalue weighted by atomic mass is 9.79. The van der Waals surface area contributed by atoms with Crippen LogP contribution >= 0.6 is 0 Å². The van der Waals surface area contributed by atoms with Crippen molar-refractivity contribution in [1.82, 2.24) is 0 Å². The van der Waals surface area contributed by atoms with Gasteiger partial charge in [-0.15, -0.1) is 0 Å². The second-order valence-electron chi connectivity index (χ2n) is 6.27. The Balaban J connectivity index is 2.03. The monoisotopic (exact) mass is 276 g/mol. The summed E-state index contributed by atoms with van der Waals surface area (Å²) in [5.41, 5.74) is 1.91. The first-order chi connectivity index (χ1) is 9.47. The number of nitro benzene ring substituents is 1. The summed E-state index contributed by atoms with van der Waals surface area (Å²) in [6.07, 6.45) is 4.99. The van der Waals surface area contributed by atoms with Gasteiger partial charge in [0.25, 0.3) is 5.69 Å². The highest BCUT2D eigenvalue weighted by molar-refractivity contribution is 5.54. The van der Waals surface area contributed by atoms with Crippen LogP contribution in [-0.2, 0) is 0 Å². The van der Waals surface area contributed by atoms with E-state index in [1.54, 1.807) is 13.0 Å². The van der Waals surface area contributed by atoms with Gasteiger partial charge in [-0.2, -0.15) is 0 Å². The minimum atomic E-state index is -0.325. The van der Waals surface area contributed by atoms with Crippen molar-refractivity contribution in [1.29, 1.82) is 0 Å². The van der Waals surface area contributed by atoms with E-state index in [4.69, 9.17) is 0 Å². The Morgan fingerprint density at radius 3 is 2.70 bits per heavy atom. The SMILES string of the molecule is Cc1cc(NC2CCCC(C(C)C)C2)ccc1[N+](=O)[O-]. The summed E-state index contributed by atoms with van der Waals surface area (Å²) in [7, 11) is 0. The zero-order valence-corrected chi connectivity index (χ0v) is 12.6. The van der Waals surface area contributed by atoms with Crippen LogP contribution in [0, 0.1) is 28.9 Å². The third-order valence-electron chi connectivity index (χ3n) is 4.42. The molecule has 4 heteroatoms. The maximum absolute atomic E-state index is 10.8. The third kappa shape index (κ3) is 3.50. The van der Waals surface area contributed by atoms with E-state index in [-0.39, 0.29) is 10.6 Å². The Hall–Kier alpha value is -1.58. The Morgan fingerprint density at radius 2 is 2.10 bits per heavy atom. The fourth-order valence-electron chi connectivity index (χ4n) is 3.15. The predicted molar refractivity (Wildman–Crippen MR) is 82.0 cm³/mol. The summed E-state index contributed by atoms with van der Waals surface area (Å²) >= 11 is 0. The van der Waals surface area contributed by atoms with E-state index < -0.39 is 0 Å². The Kier molecular flexibility index (Phi) is 4.63. The van der Waals surface area contributed by atoms with E-state index >= 15 is 0 Å². The average Bonchev–Trinajstić information content (AvgIpc) is 2.38. The van der Waals surface area contributed by atoms with E-state index in [0.717, 1.165) is 23.1 Å². The minimum Gasteiger partial charge on any atom is -0.382 e. The number of nitrogens with one attached hydrogen (secondary N) is 1. The molecule has 0 spiro atoms. The fourth-order valence-corrected chi connectivity index (χ4v) is 3.15. The van der Waals surface area contributed by atoms with Gasteiger partial charge in [-0.3, -0.25) is 10.1 Å². The molecule has 2 atom stereocenters. The van der Waals surface area contributed by atoms with Gasteiger partial charge < -0.3 is 5.32 Å². The predicted octanol–water partition coefficient (Wildman–Crippen LogP) is 4.53. The normalized spacial score (nSPS) is 22.8. The Labute approximate surface area is 120 Å². The van der Waals surface area contributed by atoms with Crippen molar-refractivity contribution in [2.75, 3.05) is 5.32 Å². The Bertz CT molecular complexity index is 485. The molecule has 0 aromatic heterocycles. The quantitative estimate of drug-likeness (QED) is 0.649. The average molecular weight is 276 g/mol. The summed E-state index contributed by atoms with van der Waals surface area (Å²) < 4.78 is 0. The highest BCUT2D eigenvalue weighted by atomic mass is 16.6. The first-order valence-electron chi connectivity index (χ1n) is 7.49. The van der Waals surface area contributed by atoms with Gasteiger partial charge in [0.15, 0.2) is 0 Å². The van der Waals surface area contributed by atoms with Crippen molar-refractivity contribution >= 4 is 11.4 Å². The van der Waals surface area contributed by atoms with Crippen molar-refractivity contribution in [2.45, 2.75) is 52.5 Å². The number of anilines is 1. The highest BCUT2D eigenvalue weighted by Crippen LogP contribution is 2.32. The molecule has 1 aliphatic rings. The number of nitrogens with zero attached hydrogens (tertiary/aromatic N) is 1. The maximum atomic E-state index is 10.8. The Morgan fingerprint density at radius 1 is 1.35 bits per heavy atom. The van der Waals surface area contributed by atoms with E-state index in [9.17, 15) is 10.1 Å². The van der Waals surface area contributed by atoms with Gasteiger partial charge in [0.1, 0.15) is 0 Å². The van der Waals surface area contributed by atoms with E-state index in [1.165, 1.54) is 25.7 Å². The number of rotatable bonds is 4. The molecule has 1 aliphatic carbocycles. The molecule has 1 aromatic carbocycles. The van der Waals surface area contributed by atoms with Gasteiger partial charge in [0.05, 0.1) is 4.92 Å². The van der Waals surface area contributed by atoms with Crippen LogP contribution in [0.4, 0.5) is 11.4 Å². The molecule has 1 aromatic rings. The molecule has 2 unspecified atom stereocenters. The van der Waals surface area contributed by atoms with Crippen molar-refractivity contribution in [3.63, 3.8) is 0 Å². The first kappa shape index (κ1) is 14.8. The van der Waals surface area contributed by atoms with Gasteiger partial charge in [-0.1, -0.05) is 26.7 Å². The molecule has 1 saturated carbocycles. The van der Waals surface area contributed by atoms with Crippen LogP contribution in [0.2, 0.25) is 0 Å². The van der Waals surface area contributed by atoms with Crippen molar-refractivity contribution < 1.29 is 4.92 Å². The topological polar surface area (TPSA) is 55.2 Å². The van der Waals surface area contributed by atoms with Crippen molar-refractivity contribution in [3.05, 3.63) is 33.9 Å². The third-order valence-corrected chi connectivity index (χ3v) is 4.42. The molecule has 4 nitrogen and oxygen atoms in total. The molecule has 0 heterocycles. The van der Waals surface area contributed by atoms with E-state index in [2.05, 4.69) is 19.2 Å². The smallest absolute Gasteiger partial charge is 0.272 e. The molecule has 0 aliphatic heterocycles. The lowest BCUT2D eigenvalue weighted by Gasteiger charge is -2.32. The van der Waals surface area contributed by atoms with Gasteiger partial charge in [-0.25, -0.2) is 0 Å². The molecule has 0 saturated heterocycles. The van der Waals surface area contributed by atoms with Gasteiger partial charge in [0.2, 0.25) is 0 Å². The van der Waals surface area contributed by atoms with Gasteiger partial charge >= 0.3 is 0 Å². The lowest BCUT2D eigenvalue weighted by molar-refractivity contribution is -0.385. The summed E-state index contributed by atoms with van der Waals surface area (Å²) in [6, 6.07) is 5.80. The zero-order chi connectivity index (χ0) is 14.7. The van der Waals surface area contributed by atoms with Crippen LogP contribution in [-0.4, -0.2) is 11.0 Å². The zero-order valence-electron chi connectivity index (χ0n) is 12.6. The molecule has 1 fully saturated rings. The van der Waals surface area contributed by atoms with E-state index in [0.29, 0.717) is 6.04 Å². The fraction of sp³-hybridized carbons (Fsp3) is 0.625. The van der Waals surface area contributed by atoms with Crippen LogP contribution in [0.25, 0.3) is 0 Å². The standard InChI is InChI=1S/C16H24N2O2/c1-11(2)13-5-4-6-14(10-13)17-15-7-8-16(18(19)20)12(3)9-15/h7-9,11,13-14,17H,4-6,10H2,1-3H3. The van der Waals surface area contributed by atoms with Gasteiger partial charge in [-0.05, 0) is 43.7 Å². The van der Waals surface area contributed by atoms with Crippen LogP contribution in [0.3, 0.4) is 0 Å². The lowest BCUT2D eigenvalue weighted by Crippen LogP contribution is -2.29. The highest BCUT2D eigenvalue weighted by Gasteiger charge is 2.24. The molecule has 110 valence electrons. The molecule has 0 amide bonds. The van der Waals surface area contributed by atoms with Crippen molar-refractivity contribution in [3.8, 4) is 0 Å². The van der Waals surface area contributed by atoms with Crippen LogP contribution in [0.15, 0.2) is 18.2 Å². The van der Waals surface area contributed by atoms with Crippen LogP contribution in [0.1, 0.15) is 45.1 Å². The minimum absolute atomic E-state index is 0.194. The number of aryl methyl sites for hydroxylation is 1. The molecule has 20 heavy (non-hydrogen) atoms. The summed E-state index contributed by atoms with van der Waals surface area (Å²) in [5.74, 6) is 1.53. The second kappa shape index (κ2) is 6.25. The first-order valence-corrected chi connectivity index (χ1v) is 7.49. The molecule has 1 N–H and O–H groups in total. The summed E-state index contributed by atoms with van der Waals surface area (Å²) in [4.78, 5) is 10.5. The van der Waals surface area contributed by atoms with Crippen molar-refractivity contribution in [2.24, 2.45) is 11.8 Å². The summed E-state index contributed by atoms with van der Waals surface area (Å²) in [6.45, 7) is 6.38. The number of benzene rings is 1. The maximum Gasteiger partial charge on any atom is 0.272 e. The molecular weight excluding hydrogens is 252 g/mol.